The van der Waals surface area contributed by atoms with Crippen LogP contribution in [0.1, 0.15) is 32.1 Å². The molecule has 1 aromatic rings. The molecule has 0 amide bonds. The quantitative estimate of drug-likeness (QED) is 0.878. The summed E-state index contributed by atoms with van der Waals surface area (Å²) >= 11 is 0. The first-order valence-electron chi connectivity index (χ1n) is 7.82. The molecular weight excluding hydrogens is 234 g/mol. The van der Waals surface area contributed by atoms with Crippen molar-refractivity contribution in [1.82, 2.24) is 10.3 Å². The summed E-state index contributed by atoms with van der Waals surface area (Å²) in [5, 5.41) is 3.97. The van der Waals surface area contributed by atoms with Crippen LogP contribution in [-0.2, 0) is 0 Å². The molecular formula is C16H23N3. The molecule has 0 radical (unpaired) electrons. The molecule has 4 rings (SSSR count). The van der Waals surface area contributed by atoms with Gasteiger partial charge in [-0.25, -0.2) is 4.98 Å². The average Bonchev–Trinajstić information content (AvgIpc) is 3.37. The topological polar surface area (TPSA) is 28.2 Å². The van der Waals surface area contributed by atoms with Crippen LogP contribution in [0.25, 0.3) is 0 Å². The Bertz CT molecular complexity index is 413. The van der Waals surface area contributed by atoms with E-state index in [1.54, 1.807) is 0 Å². The number of hydrogen-bond acceptors (Lipinski definition) is 3. The molecule has 1 aromatic heterocycles. The van der Waals surface area contributed by atoms with Crippen molar-refractivity contribution in [2.75, 3.05) is 18.0 Å². The fraction of sp³-hybridized carbons (Fsp3) is 0.688. The highest BCUT2D eigenvalue weighted by Crippen LogP contribution is 2.44. The standard InChI is InChI=1S/C16H23N3/c1-2-9-17-15(3-1)19-10-8-14(11-19)18-16(12-4-5-12)13-6-7-13/h1-3,9,12-14,16,18H,4-8,10-11H2/t14-/m0/s1. The van der Waals surface area contributed by atoms with Crippen molar-refractivity contribution in [3.63, 3.8) is 0 Å². The van der Waals surface area contributed by atoms with Gasteiger partial charge >= 0.3 is 0 Å². The molecule has 19 heavy (non-hydrogen) atoms. The van der Waals surface area contributed by atoms with Gasteiger partial charge in [-0.2, -0.15) is 0 Å². The lowest BCUT2D eigenvalue weighted by molar-refractivity contribution is 0.373. The maximum Gasteiger partial charge on any atom is 0.128 e. The van der Waals surface area contributed by atoms with Gasteiger partial charge < -0.3 is 10.2 Å². The molecule has 3 aliphatic rings. The van der Waals surface area contributed by atoms with Crippen LogP contribution in [0.15, 0.2) is 24.4 Å². The van der Waals surface area contributed by atoms with Gasteiger partial charge in [0.1, 0.15) is 5.82 Å². The number of nitrogens with zero attached hydrogens (tertiary/aromatic N) is 2. The molecule has 0 aromatic carbocycles. The van der Waals surface area contributed by atoms with E-state index in [1.165, 1.54) is 32.1 Å². The highest BCUT2D eigenvalue weighted by molar-refractivity contribution is 5.39. The van der Waals surface area contributed by atoms with Crippen LogP contribution in [0.4, 0.5) is 5.82 Å². The van der Waals surface area contributed by atoms with Gasteiger partial charge in [0, 0.05) is 31.4 Å². The summed E-state index contributed by atoms with van der Waals surface area (Å²) in [6.07, 6.45) is 9.02. The number of aromatic nitrogens is 1. The van der Waals surface area contributed by atoms with E-state index in [4.69, 9.17) is 0 Å². The van der Waals surface area contributed by atoms with Gasteiger partial charge in [0.25, 0.3) is 0 Å². The van der Waals surface area contributed by atoms with E-state index in [-0.39, 0.29) is 0 Å². The normalized spacial score (nSPS) is 27.2. The van der Waals surface area contributed by atoms with E-state index in [9.17, 15) is 0 Å². The number of anilines is 1. The summed E-state index contributed by atoms with van der Waals surface area (Å²) in [6, 6.07) is 7.70. The predicted octanol–water partition coefficient (Wildman–Crippen LogP) is 2.44. The van der Waals surface area contributed by atoms with Gasteiger partial charge in [0.2, 0.25) is 0 Å². The highest BCUT2D eigenvalue weighted by Gasteiger charge is 2.42. The van der Waals surface area contributed by atoms with Gasteiger partial charge in [0.05, 0.1) is 0 Å². The molecule has 3 heteroatoms. The Morgan fingerprint density at radius 1 is 1.11 bits per heavy atom. The second-order valence-electron chi connectivity index (χ2n) is 6.49. The molecule has 2 saturated carbocycles. The van der Waals surface area contributed by atoms with Gasteiger partial charge in [-0.3, -0.25) is 0 Å². The Labute approximate surface area is 115 Å². The Balaban J connectivity index is 1.36. The fourth-order valence-corrected chi connectivity index (χ4v) is 3.49. The Morgan fingerprint density at radius 3 is 2.53 bits per heavy atom. The van der Waals surface area contributed by atoms with Gasteiger partial charge in [-0.15, -0.1) is 0 Å². The largest absolute Gasteiger partial charge is 0.355 e. The van der Waals surface area contributed by atoms with Crippen LogP contribution >= 0.6 is 0 Å². The average molecular weight is 257 g/mol. The molecule has 102 valence electrons. The Kier molecular flexibility index (Phi) is 2.95. The lowest BCUT2D eigenvalue weighted by Crippen LogP contribution is -2.42. The third-order valence-corrected chi connectivity index (χ3v) is 4.85. The van der Waals surface area contributed by atoms with Crippen LogP contribution in [0.3, 0.4) is 0 Å². The maximum absolute atomic E-state index is 4.47. The van der Waals surface area contributed by atoms with E-state index < -0.39 is 0 Å². The second-order valence-corrected chi connectivity index (χ2v) is 6.49. The van der Waals surface area contributed by atoms with Crippen molar-refractivity contribution >= 4 is 5.82 Å². The van der Waals surface area contributed by atoms with Crippen LogP contribution in [0, 0.1) is 11.8 Å². The van der Waals surface area contributed by atoms with Gasteiger partial charge in [0.15, 0.2) is 0 Å². The monoisotopic (exact) mass is 257 g/mol. The summed E-state index contributed by atoms with van der Waals surface area (Å²) in [5.41, 5.74) is 0. The SMILES string of the molecule is c1ccc(N2CC[C@H](NC(C3CC3)C3CC3)C2)nc1. The van der Waals surface area contributed by atoms with Gasteiger partial charge in [-0.1, -0.05) is 6.07 Å². The van der Waals surface area contributed by atoms with E-state index in [2.05, 4.69) is 27.3 Å². The minimum absolute atomic E-state index is 0.674. The summed E-state index contributed by atoms with van der Waals surface area (Å²) < 4.78 is 0. The zero-order chi connectivity index (χ0) is 12.7. The van der Waals surface area contributed by atoms with Gasteiger partial charge in [-0.05, 0) is 56.1 Å². The molecule has 3 fully saturated rings. The maximum atomic E-state index is 4.47. The van der Waals surface area contributed by atoms with Crippen LogP contribution in [-0.4, -0.2) is 30.2 Å². The van der Waals surface area contributed by atoms with Crippen molar-refractivity contribution in [2.45, 2.75) is 44.2 Å². The summed E-state index contributed by atoms with van der Waals surface area (Å²) in [5.74, 6) is 3.13. The van der Waals surface area contributed by atoms with Crippen molar-refractivity contribution in [1.29, 1.82) is 0 Å². The van der Waals surface area contributed by atoms with E-state index >= 15 is 0 Å². The molecule has 0 unspecified atom stereocenters. The number of pyridine rings is 1. The van der Waals surface area contributed by atoms with Crippen LogP contribution < -0.4 is 10.2 Å². The molecule has 1 saturated heterocycles. The number of nitrogens with one attached hydrogen (secondary N) is 1. The van der Waals surface area contributed by atoms with Crippen LogP contribution in [0.2, 0.25) is 0 Å². The predicted molar refractivity (Wildman–Crippen MR) is 77.2 cm³/mol. The lowest BCUT2D eigenvalue weighted by atomic mass is 10.1. The Morgan fingerprint density at radius 2 is 1.89 bits per heavy atom. The van der Waals surface area contributed by atoms with E-state index in [0.717, 1.165) is 36.8 Å². The molecule has 1 N–H and O–H groups in total. The second kappa shape index (κ2) is 4.78. The van der Waals surface area contributed by atoms with Crippen molar-refractivity contribution < 1.29 is 0 Å². The first-order chi connectivity index (χ1) is 9.40. The van der Waals surface area contributed by atoms with Crippen molar-refractivity contribution in [2.24, 2.45) is 11.8 Å². The first-order valence-corrected chi connectivity index (χ1v) is 7.82. The van der Waals surface area contributed by atoms with E-state index in [1.807, 2.05) is 12.3 Å². The minimum atomic E-state index is 0.674. The summed E-state index contributed by atoms with van der Waals surface area (Å²) in [6.45, 7) is 2.28. The first kappa shape index (κ1) is 11.7. The molecule has 3 nitrogen and oxygen atoms in total. The molecule has 2 heterocycles. The number of hydrogen-bond donors (Lipinski definition) is 1. The zero-order valence-corrected chi connectivity index (χ0v) is 11.5. The third-order valence-electron chi connectivity index (χ3n) is 4.85. The number of rotatable bonds is 5. The molecule has 0 spiro atoms. The lowest BCUT2D eigenvalue weighted by Gasteiger charge is -2.23. The Hall–Kier alpha value is -1.09. The molecule has 1 atom stereocenters. The smallest absolute Gasteiger partial charge is 0.128 e. The fourth-order valence-electron chi connectivity index (χ4n) is 3.49. The van der Waals surface area contributed by atoms with Crippen molar-refractivity contribution in [3.8, 4) is 0 Å². The zero-order valence-electron chi connectivity index (χ0n) is 11.5. The summed E-state index contributed by atoms with van der Waals surface area (Å²) in [4.78, 5) is 6.89. The van der Waals surface area contributed by atoms with Crippen molar-refractivity contribution in [3.05, 3.63) is 24.4 Å². The minimum Gasteiger partial charge on any atom is -0.355 e. The van der Waals surface area contributed by atoms with Crippen LogP contribution in [0.5, 0.6) is 0 Å². The van der Waals surface area contributed by atoms with E-state index in [0.29, 0.717) is 6.04 Å². The molecule has 0 bridgehead atoms. The summed E-state index contributed by atoms with van der Waals surface area (Å²) in [7, 11) is 0. The molecule has 2 aliphatic carbocycles. The third kappa shape index (κ3) is 2.62. The highest BCUT2D eigenvalue weighted by atomic mass is 15.2. The molecule has 1 aliphatic heterocycles.